The molecule has 0 radical (unpaired) electrons. The van der Waals surface area contributed by atoms with Crippen LogP contribution in [0.3, 0.4) is 0 Å². The van der Waals surface area contributed by atoms with Crippen LogP contribution in [0.25, 0.3) is 0 Å². The van der Waals surface area contributed by atoms with E-state index in [4.69, 9.17) is 10.2 Å². The summed E-state index contributed by atoms with van der Waals surface area (Å²) in [5, 5.41) is 18.0. The third-order valence-electron chi connectivity index (χ3n) is 1.10. The van der Waals surface area contributed by atoms with E-state index in [1.54, 1.807) is 23.5 Å². The second-order valence-corrected chi connectivity index (χ2v) is 5.13. The molecular weight excluding hydrogens is 156 g/mol. The van der Waals surface area contributed by atoms with Crippen molar-refractivity contribution in [1.29, 1.82) is 0 Å². The van der Waals surface area contributed by atoms with Crippen LogP contribution < -0.4 is 0 Å². The van der Waals surface area contributed by atoms with E-state index in [0.29, 0.717) is 16.1 Å². The molecule has 1 aliphatic heterocycles. The molecule has 1 aliphatic rings. The van der Waals surface area contributed by atoms with Gasteiger partial charge in [-0.1, -0.05) is 0 Å². The summed E-state index contributed by atoms with van der Waals surface area (Å²) in [6.07, 6.45) is 0. The fraction of sp³-hybridized carbons (Fsp3) is 1.00. The molecule has 54 valence electrons. The van der Waals surface area contributed by atoms with Gasteiger partial charge in [-0.2, -0.15) is 0 Å². The molecule has 0 saturated carbocycles. The second kappa shape index (κ2) is 2.70. The van der Waals surface area contributed by atoms with Crippen LogP contribution in [0.5, 0.6) is 0 Å². The maximum atomic E-state index is 9.01. The molecule has 2 N–H and O–H groups in total. The summed E-state index contributed by atoms with van der Waals surface area (Å²) in [6, 6.07) is 0. The van der Waals surface area contributed by atoms with E-state index in [-0.39, 0.29) is 0 Å². The molecule has 9 heavy (non-hydrogen) atoms. The van der Waals surface area contributed by atoms with E-state index in [0.717, 1.165) is 0 Å². The van der Waals surface area contributed by atoms with Gasteiger partial charge in [0.25, 0.3) is 0 Å². The smallest absolute Gasteiger partial charge is 0.181 e. The second-order valence-electron chi connectivity index (χ2n) is 2.17. The van der Waals surface area contributed by atoms with Crippen LogP contribution >= 0.6 is 23.5 Å². The molecule has 2 nitrogen and oxygen atoms in total. The van der Waals surface area contributed by atoms with E-state index >= 15 is 0 Å². The average molecular weight is 166 g/mol. The zero-order valence-corrected chi connectivity index (χ0v) is 6.84. The van der Waals surface area contributed by atoms with Gasteiger partial charge in [0.05, 0.1) is 0 Å². The first-order valence-corrected chi connectivity index (χ1v) is 4.88. The van der Waals surface area contributed by atoms with Crippen molar-refractivity contribution in [1.82, 2.24) is 0 Å². The van der Waals surface area contributed by atoms with Crippen molar-refractivity contribution in [3.8, 4) is 0 Å². The quantitative estimate of drug-likeness (QED) is 0.514. The van der Waals surface area contributed by atoms with Gasteiger partial charge < -0.3 is 10.2 Å². The van der Waals surface area contributed by atoms with Gasteiger partial charge in [0.1, 0.15) is 0 Å². The molecule has 0 spiro atoms. The lowest BCUT2D eigenvalue weighted by atomic mass is 10.4. The minimum Gasteiger partial charge on any atom is -0.364 e. The lowest BCUT2D eigenvalue weighted by Gasteiger charge is -2.28. The normalized spacial score (nSPS) is 28.3. The van der Waals surface area contributed by atoms with Crippen molar-refractivity contribution in [3.05, 3.63) is 0 Å². The summed E-state index contributed by atoms with van der Waals surface area (Å²) in [4.78, 5) is 0. The average Bonchev–Trinajstić information content (AvgIpc) is 1.78. The first kappa shape index (κ1) is 7.72. The molecule has 0 aliphatic carbocycles. The molecule has 0 aromatic heterocycles. The van der Waals surface area contributed by atoms with Gasteiger partial charge >= 0.3 is 0 Å². The van der Waals surface area contributed by atoms with E-state index in [1.165, 1.54) is 0 Å². The minimum absolute atomic E-state index is 0.446. The Hall–Kier alpha value is 0.620. The number of aliphatic hydroxyl groups is 2. The molecular formula is C5H10O2S2. The molecule has 1 heterocycles. The maximum absolute atomic E-state index is 9.01. The van der Waals surface area contributed by atoms with Crippen LogP contribution in [0.4, 0.5) is 0 Å². The summed E-state index contributed by atoms with van der Waals surface area (Å²) in [6.45, 7) is 2.07. The van der Waals surface area contributed by atoms with Gasteiger partial charge in [-0.3, -0.25) is 0 Å². The molecule has 1 rings (SSSR count). The molecule has 1 saturated heterocycles. The Morgan fingerprint density at radius 1 is 1.33 bits per heavy atom. The predicted octanol–water partition coefficient (Wildman–Crippen LogP) is 0.493. The molecule has 0 atom stereocenters. The highest BCUT2D eigenvalue weighted by Gasteiger charge is 2.29. The van der Waals surface area contributed by atoms with Crippen LogP contribution in [0.15, 0.2) is 0 Å². The SMILES string of the molecule is CC1SCC(O)(O)CS1. The highest BCUT2D eigenvalue weighted by molar-refractivity contribution is 8.17. The van der Waals surface area contributed by atoms with Crippen molar-refractivity contribution in [3.63, 3.8) is 0 Å². The van der Waals surface area contributed by atoms with Crippen LogP contribution in [0.2, 0.25) is 0 Å². The standard InChI is InChI=1S/C5H10O2S2/c1-4-8-2-5(6,7)3-9-4/h4,6-7H,2-3H2,1H3. The molecule has 1 fully saturated rings. The third kappa shape index (κ3) is 2.37. The minimum atomic E-state index is -1.41. The van der Waals surface area contributed by atoms with Crippen LogP contribution in [0.1, 0.15) is 6.92 Å². The van der Waals surface area contributed by atoms with E-state index < -0.39 is 5.79 Å². The van der Waals surface area contributed by atoms with Crippen LogP contribution in [-0.2, 0) is 0 Å². The Labute approximate surface area is 63.0 Å². The molecule has 4 heteroatoms. The van der Waals surface area contributed by atoms with Gasteiger partial charge in [0, 0.05) is 16.1 Å². The number of rotatable bonds is 0. The number of hydrogen-bond donors (Lipinski definition) is 2. The third-order valence-corrected chi connectivity index (χ3v) is 4.11. The molecule has 0 aromatic rings. The molecule has 0 amide bonds. The van der Waals surface area contributed by atoms with E-state index in [2.05, 4.69) is 6.92 Å². The molecule has 0 unspecified atom stereocenters. The zero-order valence-electron chi connectivity index (χ0n) is 5.20. The van der Waals surface area contributed by atoms with Crippen molar-refractivity contribution < 1.29 is 10.2 Å². The van der Waals surface area contributed by atoms with Crippen LogP contribution in [0, 0.1) is 0 Å². The lowest BCUT2D eigenvalue weighted by Crippen LogP contribution is -2.38. The lowest BCUT2D eigenvalue weighted by molar-refractivity contribution is -0.119. The van der Waals surface area contributed by atoms with E-state index in [9.17, 15) is 0 Å². The van der Waals surface area contributed by atoms with Crippen molar-refractivity contribution in [2.24, 2.45) is 0 Å². The fourth-order valence-corrected chi connectivity index (χ4v) is 2.72. The van der Waals surface area contributed by atoms with Crippen LogP contribution in [-0.4, -0.2) is 32.1 Å². The summed E-state index contributed by atoms with van der Waals surface area (Å²) >= 11 is 3.18. The summed E-state index contributed by atoms with van der Waals surface area (Å²) in [5.41, 5.74) is 0. The highest BCUT2D eigenvalue weighted by Crippen LogP contribution is 2.33. The van der Waals surface area contributed by atoms with Crippen molar-refractivity contribution in [2.75, 3.05) is 11.5 Å². The Balaban J connectivity index is 2.35. The first-order valence-electron chi connectivity index (χ1n) is 2.78. The van der Waals surface area contributed by atoms with Crippen molar-refractivity contribution in [2.45, 2.75) is 17.3 Å². The Morgan fingerprint density at radius 3 is 2.11 bits per heavy atom. The molecule has 0 bridgehead atoms. The summed E-state index contributed by atoms with van der Waals surface area (Å²) < 4.78 is 0.512. The van der Waals surface area contributed by atoms with Gasteiger partial charge in [-0.15, -0.1) is 23.5 Å². The largest absolute Gasteiger partial charge is 0.364 e. The van der Waals surface area contributed by atoms with Gasteiger partial charge in [0.15, 0.2) is 5.79 Å². The summed E-state index contributed by atoms with van der Waals surface area (Å²) in [5.74, 6) is -0.524. The zero-order chi connectivity index (χ0) is 6.91. The van der Waals surface area contributed by atoms with Crippen molar-refractivity contribution >= 4 is 23.5 Å². The maximum Gasteiger partial charge on any atom is 0.181 e. The first-order chi connectivity index (χ1) is 4.10. The Bertz CT molecular complexity index is 95.1. The number of thioether (sulfide) groups is 2. The van der Waals surface area contributed by atoms with Gasteiger partial charge in [-0.25, -0.2) is 0 Å². The topological polar surface area (TPSA) is 40.5 Å². The Morgan fingerprint density at radius 2 is 1.78 bits per heavy atom. The van der Waals surface area contributed by atoms with E-state index in [1.807, 2.05) is 0 Å². The number of hydrogen-bond acceptors (Lipinski definition) is 4. The predicted molar refractivity (Wildman–Crippen MR) is 41.5 cm³/mol. The van der Waals surface area contributed by atoms with Gasteiger partial charge in [-0.05, 0) is 6.92 Å². The summed E-state index contributed by atoms with van der Waals surface area (Å²) in [7, 11) is 0. The Kier molecular flexibility index (Phi) is 2.32. The van der Waals surface area contributed by atoms with Gasteiger partial charge in [0.2, 0.25) is 0 Å². The monoisotopic (exact) mass is 166 g/mol. The highest BCUT2D eigenvalue weighted by atomic mass is 32.2. The fourth-order valence-electron chi connectivity index (χ4n) is 0.591. The molecule has 0 aromatic carbocycles.